The second-order valence-electron chi connectivity index (χ2n) is 4.02. The molecule has 3 nitrogen and oxygen atoms in total. The maximum Gasteiger partial charge on any atom is 0.0991 e. The molecule has 0 fully saturated rings. The Morgan fingerprint density at radius 2 is 2.28 bits per heavy atom. The number of hydrogen-bond donors (Lipinski definition) is 0. The predicted molar refractivity (Wildman–Crippen MR) is 73.4 cm³/mol. The van der Waals surface area contributed by atoms with Crippen molar-refractivity contribution in [2.75, 3.05) is 0 Å². The summed E-state index contributed by atoms with van der Waals surface area (Å²) in [5.41, 5.74) is 4.88. The largest absolute Gasteiger partial charge is 0.340 e. The molecule has 0 N–H and O–H groups in total. The van der Waals surface area contributed by atoms with Gasteiger partial charge in [-0.3, -0.25) is 4.98 Å². The molecule has 18 heavy (non-hydrogen) atoms. The van der Waals surface area contributed by atoms with Gasteiger partial charge in [-0.2, -0.15) is 5.26 Å². The summed E-state index contributed by atoms with van der Waals surface area (Å²) in [6, 6.07) is 10.1. The Balaban J connectivity index is 2.30. The molecule has 2 aromatic heterocycles. The average molecular weight is 253 g/mol. The van der Waals surface area contributed by atoms with Gasteiger partial charge in [0.05, 0.1) is 27.7 Å². The van der Waals surface area contributed by atoms with Crippen molar-refractivity contribution >= 4 is 22.2 Å². The summed E-state index contributed by atoms with van der Waals surface area (Å²) < 4.78 is 2.25. The Hall–Kier alpha value is -2.12. The lowest BCUT2D eigenvalue weighted by Crippen LogP contribution is -1.95. The fourth-order valence-corrected chi connectivity index (χ4v) is 2.87. The molecule has 0 bridgehead atoms. The molecule has 4 heteroatoms. The fraction of sp³-hybridized carbons (Fsp3) is 0.143. The highest BCUT2D eigenvalue weighted by Crippen LogP contribution is 2.30. The van der Waals surface area contributed by atoms with E-state index in [0.717, 1.165) is 16.8 Å². The van der Waals surface area contributed by atoms with Gasteiger partial charge in [0.25, 0.3) is 0 Å². The van der Waals surface area contributed by atoms with E-state index < -0.39 is 0 Å². The van der Waals surface area contributed by atoms with Crippen molar-refractivity contribution in [3.63, 3.8) is 0 Å². The zero-order valence-corrected chi connectivity index (χ0v) is 10.7. The number of nitriles is 1. The summed E-state index contributed by atoms with van der Waals surface area (Å²) in [6.07, 6.45) is 1.89. The standard InChI is InChI=1S/C14H11N3S/c1-2-17-12-4-3-10(7-15)5-11(12)6-13(17)14-8-16-9-18-14/h3-6,8-9H,2H2,1H3. The zero-order chi connectivity index (χ0) is 12.5. The van der Waals surface area contributed by atoms with Crippen molar-refractivity contribution in [3.05, 3.63) is 41.5 Å². The van der Waals surface area contributed by atoms with Gasteiger partial charge in [-0.15, -0.1) is 11.3 Å². The molecule has 2 heterocycles. The number of thiazole rings is 1. The first-order valence-corrected chi connectivity index (χ1v) is 6.63. The molecule has 0 aliphatic rings. The summed E-state index contributed by atoms with van der Waals surface area (Å²) in [5, 5.41) is 10.1. The van der Waals surface area contributed by atoms with E-state index in [2.05, 4.69) is 28.6 Å². The molecule has 0 atom stereocenters. The second kappa shape index (κ2) is 4.28. The van der Waals surface area contributed by atoms with Gasteiger partial charge in [-0.1, -0.05) is 0 Å². The van der Waals surface area contributed by atoms with Crippen LogP contribution in [0.15, 0.2) is 36.0 Å². The quantitative estimate of drug-likeness (QED) is 0.699. The SMILES string of the molecule is CCn1c(-c2cncs2)cc2cc(C#N)ccc21. The van der Waals surface area contributed by atoms with Crippen molar-refractivity contribution < 1.29 is 0 Å². The van der Waals surface area contributed by atoms with E-state index in [4.69, 9.17) is 5.26 Å². The van der Waals surface area contributed by atoms with Crippen LogP contribution >= 0.6 is 11.3 Å². The molecule has 1 aromatic carbocycles. The lowest BCUT2D eigenvalue weighted by Gasteiger charge is -2.05. The van der Waals surface area contributed by atoms with Crippen LogP contribution in [0.25, 0.3) is 21.5 Å². The Morgan fingerprint density at radius 1 is 1.39 bits per heavy atom. The van der Waals surface area contributed by atoms with Crippen LogP contribution in [-0.4, -0.2) is 9.55 Å². The molecule has 0 unspecified atom stereocenters. The van der Waals surface area contributed by atoms with Gasteiger partial charge in [-0.25, -0.2) is 0 Å². The maximum atomic E-state index is 8.95. The highest BCUT2D eigenvalue weighted by molar-refractivity contribution is 7.13. The number of aromatic nitrogens is 2. The number of hydrogen-bond acceptors (Lipinski definition) is 3. The third kappa shape index (κ3) is 1.60. The number of nitrogens with zero attached hydrogens (tertiary/aromatic N) is 3. The highest BCUT2D eigenvalue weighted by Gasteiger charge is 2.10. The minimum atomic E-state index is 0.701. The molecule has 3 rings (SSSR count). The van der Waals surface area contributed by atoms with Crippen molar-refractivity contribution in [1.29, 1.82) is 5.26 Å². The van der Waals surface area contributed by atoms with Crippen molar-refractivity contribution in [1.82, 2.24) is 9.55 Å². The summed E-state index contributed by atoms with van der Waals surface area (Å²) in [5.74, 6) is 0. The Morgan fingerprint density at radius 3 is 2.94 bits per heavy atom. The second-order valence-corrected chi connectivity index (χ2v) is 4.91. The maximum absolute atomic E-state index is 8.95. The van der Waals surface area contributed by atoms with Gasteiger partial charge in [-0.05, 0) is 31.2 Å². The zero-order valence-electron chi connectivity index (χ0n) is 9.92. The molecule has 0 radical (unpaired) electrons. The molecular weight excluding hydrogens is 242 g/mol. The van der Waals surface area contributed by atoms with Gasteiger partial charge < -0.3 is 4.57 Å². The van der Waals surface area contributed by atoms with Gasteiger partial charge in [0.1, 0.15) is 0 Å². The van der Waals surface area contributed by atoms with E-state index in [1.54, 1.807) is 11.3 Å². The van der Waals surface area contributed by atoms with E-state index in [9.17, 15) is 0 Å². The number of fused-ring (bicyclic) bond motifs is 1. The van der Waals surface area contributed by atoms with E-state index in [1.807, 2.05) is 29.9 Å². The lowest BCUT2D eigenvalue weighted by molar-refractivity contribution is 0.806. The van der Waals surface area contributed by atoms with Crippen LogP contribution in [0.4, 0.5) is 0 Å². The highest BCUT2D eigenvalue weighted by atomic mass is 32.1. The van der Waals surface area contributed by atoms with Crippen LogP contribution in [0.1, 0.15) is 12.5 Å². The molecule has 0 saturated carbocycles. The van der Waals surface area contributed by atoms with Crippen LogP contribution in [0.3, 0.4) is 0 Å². The molecule has 3 aromatic rings. The Kier molecular flexibility index (Phi) is 2.62. The molecular formula is C14H11N3S. The van der Waals surface area contributed by atoms with E-state index in [0.29, 0.717) is 5.56 Å². The minimum Gasteiger partial charge on any atom is -0.340 e. The topological polar surface area (TPSA) is 41.6 Å². The van der Waals surface area contributed by atoms with E-state index in [1.165, 1.54) is 11.2 Å². The lowest BCUT2D eigenvalue weighted by atomic mass is 10.2. The summed E-state index contributed by atoms with van der Waals surface area (Å²) in [7, 11) is 0. The van der Waals surface area contributed by atoms with E-state index in [-0.39, 0.29) is 0 Å². The molecule has 0 saturated heterocycles. The van der Waals surface area contributed by atoms with Gasteiger partial charge in [0.2, 0.25) is 0 Å². The Bertz CT molecular complexity index is 732. The molecule has 88 valence electrons. The van der Waals surface area contributed by atoms with Crippen LogP contribution in [0.5, 0.6) is 0 Å². The van der Waals surface area contributed by atoms with Gasteiger partial charge in [0.15, 0.2) is 0 Å². The predicted octanol–water partition coefficient (Wildman–Crippen LogP) is 3.66. The fourth-order valence-electron chi connectivity index (χ4n) is 2.23. The first kappa shape index (κ1) is 11.0. The van der Waals surface area contributed by atoms with Crippen LogP contribution in [-0.2, 0) is 6.54 Å². The average Bonchev–Trinajstić information content (AvgIpc) is 3.04. The monoisotopic (exact) mass is 253 g/mol. The summed E-state index contributed by atoms with van der Waals surface area (Å²) >= 11 is 1.63. The van der Waals surface area contributed by atoms with Crippen molar-refractivity contribution in [2.24, 2.45) is 0 Å². The van der Waals surface area contributed by atoms with Crippen molar-refractivity contribution in [3.8, 4) is 16.6 Å². The smallest absolute Gasteiger partial charge is 0.0991 e. The van der Waals surface area contributed by atoms with Crippen LogP contribution in [0.2, 0.25) is 0 Å². The molecule has 0 aliphatic carbocycles. The Labute approximate surface area is 109 Å². The first-order valence-electron chi connectivity index (χ1n) is 5.75. The third-order valence-corrected chi connectivity index (χ3v) is 3.83. The van der Waals surface area contributed by atoms with Gasteiger partial charge in [0, 0.05) is 23.6 Å². The number of rotatable bonds is 2. The number of aryl methyl sites for hydroxylation is 1. The van der Waals surface area contributed by atoms with E-state index >= 15 is 0 Å². The normalized spacial score (nSPS) is 10.7. The summed E-state index contributed by atoms with van der Waals surface area (Å²) in [4.78, 5) is 5.29. The number of benzene rings is 1. The van der Waals surface area contributed by atoms with Crippen LogP contribution < -0.4 is 0 Å². The van der Waals surface area contributed by atoms with Crippen LogP contribution in [0, 0.1) is 11.3 Å². The minimum absolute atomic E-state index is 0.701. The molecule has 0 aliphatic heterocycles. The summed E-state index contributed by atoms with van der Waals surface area (Å²) in [6.45, 7) is 3.03. The van der Waals surface area contributed by atoms with Gasteiger partial charge >= 0.3 is 0 Å². The first-order chi connectivity index (χ1) is 8.83. The molecule has 0 amide bonds. The molecule has 0 spiro atoms. The van der Waals surface area contributed by atoms with Crippen molar-refractivity contribution in [2.45, 2.75) is 13.5 Å². The third-order valence-electron chi connectivity index (χ3n) is 3.03.